The van der Waals surface area contributed by atoms with E-state index in [1.54, 1.807) is 25.1 Å². The third-order valence-electron chi connectivity index (χ3n) is 4.62. The maximum Gasteiger partial charge on any atom is 0.420 e. The number of carbonyl (C=O) groups is 1. The Morgan fingerprint density at radius 1 is 1.13 bits per heavy atom. The molecule has 0 aliphatic heterocycles. The van der Waals surface area contributed by atoms with Crippen LogP contribution in [-0.4, -0.2) is 46.8 Å². The van der Waals surface area contributed by atoms with Gasteiger partial charge in [0.1, 0.15) is 18.0 Å². The van der Waals surface area contributed by atoms with Gasteiger partial charge >= 0.3 is 11.7 Å². The summed E-state index contributed by atoms with van der Waals surface area (Å²) in [5.41, 5.74) is 0.608. The Morgan fingerprint density at radius 2 is 1.87 bits per heavy atom. The fraction of sp³-hybridized carbons (Fsp3) is 0.300. The van der Waals surface area contributed by atoms with Crippen molar-refractivity contribution in [2.45, 2.75) is 18.4 Å². The molecule has 0 saturated heterocycles. The Balaban J connectivity index is 2.01. The molecule has 0 unspecified atom stereocenters. The molecule has 3 rings (SSSR count). The van der Waals surface area contributed by atoms with E-state index in [1.807, 2.05) is 0 Å². The van der Waals surface area contributed by atoms with Gasteiger partial charge in [-0.2, -0.15) is 0 Å². The van der Waals surface area contributed by atoms with Gasteiger partial charge in [-0.15, -0.1) is 0 Å². The molecule has 11 heteroatoms. The highest BCUT2D eigenvalue weighted by Gasteiger charge is 2.26. The molecule has 2 aromatic carbocycles. The van der Waals surface area contributed by atoms with Crippen molar-refractivity contribution in [2.24, 2.45) is 0 Å². The zero-order chi connectivity index (χ0) is 22.8. The summed E-state index contributed by atoms with van der Waals surface area (Å²) in [5.74, 6) is -0.575. The average Bonchev–Trinajstić information content (AvgIpc) is 3.07. The van der Waals surface area contributed by atoms with E-state index >= 15 is 0 Å². The minimum Gasteiger partial charge on any atom is -0.497 e. The third kappa shape index (κ3) is 4.22. The Morgan fingerprint density at radius 3 is 2.52 bits per heavy atom. The molecule has 0 aliphatic carbocycles. The van der Waals surface area contributed by atoms with E-state index in [1.165, 1.54) is 39.5 Å². The summed E-state index contributed by atoms with van der Waals surface area (Å²) < 4.78 is 49.0. The number of benzene rings is 2. The number of oxazole rings is 1. The molecule has 0 saturated carbocycles. The van der Waals surface area contributed by atoms with E-state index in [0.29, 0.717) is 17.2 Å². The molecule has 166 valence electrons. The van der Waals surface area contributed by atoms with Crippen LogP contribution >= 0.6 is 0 Å². The van der Waals surface area contributed by atoms with Crippen molar-refractivity contribution in [3.05, 3.63) is 46.9 Å². The molecule has 1 heterocycles. The van der Waals surface area contributed by atoms with Gasteiger partial charge in [-0.1, -0.05) is 0 Å². The predicted octanol–water partition coefficient (Wildman–Crippen LogP) is 2.00. The molecule has 0 radical (unpaired) electrons. The van der Waals surface area contributed by atoms with Gasteiger partial charge in [0.05, 0.1) is 36.9 Å². The molecule has 0 bridgehead atoms. The van der Waals surface area contributed by atoms with E-state index in [9.17, 15) is 18.0 Å². The summed E-state index contributed by atoms with van der Waals surface area (Å²) in [6.07, 6.45) is 0. The van der Waals surface area contributed by atoms with Crippen LogP contribution < -0.4 is 19.5 Å². The van der Waals surface area contributed by atoms with E-state index in [-0.39, 0.29) is 29.1 Å². The number of anilines is 1. The van der Waals surface area contributed by atoms with Crippen LogP contribution in [0.4, 0.5) is 5.69 Å². The van der Waals surface area contributed by atoms with Gasteiger partial charge in [0.15, 0.2) is 5.58 Å². The first-order chi connectivity index (χ1) is 14.7. The Bertz CT molecular complexity index is 1280. The molecule has 0 spiro atoms. The highest BCUT2D eigenvalue weighted by Crippen LogP contribution is 2.34. The van der Waals surface area contributed by atoms with Crippen LogP contribution in [0.5, 0.6) is 11.5 Å². The summed E-state index contributed by atoms with van der Waals surface area (Å²) in [5, 5.41) is 0. The number of nitrogens with zero attached hydrogens (tertiary/aromatic N) is 2. The van der Waals surface area contributed by atoms with Crippen molar-refractivity contribution in [2.75, 3.05) is 32.2 Å². The monoisotopic (exact) mass is 450 g/mol. The number of carbonyl (C=O) groups excluding carboxylic acids is 1. The van der Waals surface area contributed by atoms with Gasteiger partial charge in [0.2, 0.25) is 0 Å². The van der Waals surface area contributed by atoms with Gasteiger partial charge < -0.3 is 18.6 Å². The summed E-state index contributed by atoms with van der Waals surface area (Å²) in [4.78, 5) is 23.8. The first-order valence-electron chi connectivity index (χ1n) is 9.23. The molecule has 0 aliphatic rings. The smallest absolute Gasteiger partial charge is 0.420 e. The molecular weight excluding hydrogens is 428 g/mol. The van der Waals surface area contributed by atoms with E-state index < -0.39 is 21.7 Å². The Labute approximate surface area is 178 Å². The molecule has 3 aromatic rings. The van der Waals surface area contributed by atoms with Crippen molar-refractivity contribution < 1.29 is 31.8 Å². The van der Waals surface area contributed by atoms with Gasteiger partial charge in [-0.3, -0.25) is 13.7 Å². The second-order valence-corrected chi connectivity index (χ2v) is 8.37. The molecule has 1 aromatic heterocycles. The summed E-state index contributed by atoms with van der Waals surface area (Å²) in [6.45, 7) is 1.49. The number of hydrogen-bond acceptors (Lipinski definition) is 8. The number of esters is 1. The van der Waals surface area contributed by atoms with Crippen molar-refractivity contribution in [3.8, 4) is 11.5 Å². The second kappa shape index (κ2) is 8.72. The lowest BCUT2D eigenvalue weighted by Crippen LogP contribution is -2.27. The predicted molar refractivity (Wildman–Crippen MR) is 112 cm³/mol. The van der Waals surface area contributed by atoms with Crippen molar-refractivity contribution in [1.82, 2.24) is 4.57 Å². The minimum atomic E-state index is -4.02. The zero-order valence-corrected chi connectivity index (χ0v) is 18.3. The first kappa shape index (κ1) is 22.2. The quantitative estimate of drug-likeness (QED) is 0.478. The fourth-order valence-electron chi connectivity index (χ4n) is 3.03. The Hall–Kier alpha value is -3.47. The number of fused-ring (bicyclic) bond motifs is 1. The van der Waals surface area contributed by atoms with Crippen LogP contribution in [0.15, 0.2) is 50.5 Å². The van der Waals surface area contributed by atoms with Gasteiger partial charge in [-0.05, 0) is 31.2 Å². The van der Waals surface area contributed by atoms with Crippen LogP contribution in [0.25, 0.3) is 11.1 Å². The van der Waals surface area contributed by atoms with Crippen LogP contribution in [0, 0.1) is 0 Å². The van der Waals surface area contributed by atoms with Gasteiger partial charge in [0.25, 0.3) is 10.0 Å². The van der Waals surface area contributed by atoms with Gasteiger partial charge in [-0.25, -0.2) is 13.2 Å². The van der Waals surface area contributed by atoms with Crippen LogP contribution in [0.1, 0.15) is 6.92 Å². The maximum atomic E-state index is 13.2. The number of methoxy groups -OCH3 is 2. The largest absolute Gasteiger partial charge is 0.497 e. The van der Waals surface area contributed by atoms with E-state index in [2.05, 4.69) is 0 Å². The number of rotatable bonds is 8. The standard InChI is InChI=1S/C20H22N2O8S/c1-5-29-19(23)12-22-16-9-7-14(11-18(16)30-20(22)24)31(25,26)21(2)15-8-6-13(27-3)10-17(15)28-4/h6-11H,5,12H2,1-4H3. The van der Waals surface area contributed by atoms with Crippen LogP contribution in [-0.2, 0) is 26.1 Å². The normalized spacial score (nSPS) is 11.4. The molecule has 31 heavy (non-hydrogen) atoms. The SMILES string of the molecule is CCOC(=O)Cn1c(=O)oc2cc(S(=O)(=O)N(C)c3ccc(OC)cc3OC)ccc21. The Kier molecular flexibility index (Phi) is 6.25. The average molecular weight is 450 g/mol. The van der Waals surface area contributed by atoms with Gasteiger partial charge in [0, 0.05) is 19.2 Å². The van der Waals surface area contributed by atoms with E-state index in [4.69, 9.17) is 18.6 Å². The van der Waals surface area contributed by atoms with Crippen LogP contribution in [0.2, 0.25) is 0 Å². The molecule has 0 amide bonds. The molecule has 0 fully saturated rings. The fourth-order valence-corrected chi connectivity index (χ4v) is 4.25. The van der Waals surface area contributed by atoms with Crippen molar-refractivity contribution in [1.29, 1.82) is 0 Å². The third-order valence-corrected chi connectivity index (χ3v) is 6.38. The first-order valence-corrected chi connectivity index (χ1v) is 10.7. The minimum absolute atomic E-state index is 0.0328. The second-order valence-electron chi connectivity index (χ2n) is 6.40. The number of sulfonamides is 1. The highest BCUT2D eigenvalue weighted by molar-refractivity contribution is 7.92. The zero-order valence-electron chi connectivity index (χ0n) is 17.4. The van der Waals surface area contributed by atoms with Crippen LogP contribution in [0.3, 0.4) is 0 Å². The van der Waals surface area contributed by atoms with Crippen molar-refractivity contribution >= 4 is 32.8 Å². The molecule has 0 atom stereocenters. The molecular formula is C20H22N2O8S. The number of hydrogen-bond donors (Lipinski definition) is 0. The van der Waals surface area contributed by atoms with Crippen molar-refractivity contribution in [3.63, 3.8) is 0 Å². The highest BCUT2D eigenvalue weighted by atomic mass is 32.2. The lowest BCUT2D eigenvalue weighted by atomic mass is 10.3. The summed E-state index contributed by atoms with van der Waals surface area (Å²) in [6, 6.07) is 8.72. The summed E-state index contributed by atoms with van der Waals surface area (Å²) >= 11 is 0. The molecule has 0 N–H and O–H groups in total. The topological polar surface area (TPSA) is 117 Å². The number of aromatic nitrogens is 1. The lowest BCUT2D eigenvalue weighted by molar-refractivity contribution is -0.143. The summed E-state index contributed by atoms with van der Waals surface area (Å²) in [7, 11) is 0.274. The van der Waals surface area contributed by atoms with E-state index in [0.717, 1.165) is 8.87 Å². The lowest BCUT2D eigenvalue weighted by Gasteiger charge is -2.22. The molecule has 10 nitrogen and oxygen atoms in total. The maximum absolute atomic E-state index is 13.2. The number of ether oxygens (including phenoxy) is 3.